The van der Waals surface area contributed by atoms with E-state index in [1.807, 2.05) is 0 Å². The highest BCUT2D eigenvalue weighted by atomic mass is 19.1. The molecule has 0 unspecified atom stereocenters. The summed E-state index contributed by atoms with van der Waals surface area (Å²) in [4.78, 5) is 14.4. The summed E-state index contributed by atoms with van der Waals surface area (Å²) in [5.41, 5.74) is 3.24. The molecule has 0 aromatic heterocycles. The van der Waals surface area contributed by atoms with Gasteiger partial charge in [-0.3, -0.25) is 9.69 Å². The summed E-state index contributed by atoms with van der Waals surface area (Å²) in [5, 5.41) is 0. The second-order valence-electron chi connectivity index (χ2n) is 5.52. The molecule has 2 nitrogen and oxygen atoms in total. The average Bonchev–Trinajstić information content (AvgIpc) is 2.89. The third kappa shape index (κ3) is 3.37. The zero-order valence-corrected chi connectivity index (χ0v) is 11.9. The van der Waals surface area contributed by atoms with Gasteiger partial charge in [0.15, 0.2) is 5.78 Å². The number of carbonyl (C=O) groups excluding carboxylic acids is 1. The Labute approximate surface area is 124 Å². The minimum Gasteiger partial charge on any atom is -0.295 e. The molecule has 1 aliphatic heterocycles. The third-order valence-electron chi connectivity index (χ3n) is 3.93. The SMILES string of the molecule is O=C(CCCN1Cc2ccccc2C1)c1cccc(F)c1. The van der Waals surface area contributed by atoms with Gasteiger partial charge in [-0.15, -0.1) is 0 Å². The summed E-state index contributed by atoms with van der Waals surface area (Å²) >= 11 is 0. The maximum Gasteiger partial charge on any atom is 0.163 e. The minimum atomic E-state index is -0.351. The molecule has 1 aliphatic rings. The molecule has 3 rings (SSSR count). The van der Waals surface area contributed by atoms with Crippen LogP contribution in [-0.2, 0) is 13.1 Å². The van der Waals surface area contributed by atoms with Gasteiger partial charge in [0.25, 0.3) is 0 Å². The highest BCUT2D eigenvalue weighted by molar-refractivity contribution is 5.95. The predicted molar refractivity (Wildman–Crippen MR) is 80.5 cm³/mol. The van der Waals surface area contributed by atoms with Crippen LogP contribution in [0, 0.1) is 5.82 Å². The van der Waals surface area contributed by atoms with Gasteiger partial charge in [-0.25, -0.2) is 4.39 Å². The van der Waals surface area contributed by atoms with E-state index in [1.165, 1.54) is 23.3 Å². The van der Waals surface area contributed by atoms with E-state index in [-0.39, 0.29) is 11.6 Å². The van der Waals surface area contributed by atoms with Crippen LogP contribution in [0.1, 0.15) is 34.3 Å². The number of nitrogens with zero attached hydrogens (tertiary/aromatic N) is 1. The quantitative estimate of drug-likeness (QED) is 0.778. The second kappa shape index (κ2) is 6.19. The molecule has 0 saturated heterocycles. The molecule has 0 aliphatic carbocycles. The van der Waals surface area contributed by atoms with Crippen molar-refractivity contribution >= 4 is 5.78 Å². The average molecular weight is 283 g/mol. The summed E-state index contributed by atoms with van der Waals surface area (Å²) in [6.45, 7) is 2.82. The van der Waals surface area contributed by atoms with Gasteiger partial charge in [-0.1, -0.05) is 36.4 Å². The van der Waals surface area contributed by atoms with Crippen LogP contribution in [0.25, 0.3) is 0 Å². The molecule has 0 atom stereocenters. The van der Waals surface area contributed by atoms with E-state index >= 15 is 0 Å². The number of hydrogen-bond donors (Lipinski definition) is 0. The summed E-state index contributed by atoms with van der Waals surface area (Å²) in [5.74, 6) is -0.331. The molecule has 3 heteroatoms. The number of benzene rings is 2. The lowest BCUT2D eigenvalue weighted by molar-refractivity contribution is 0.0974. The van der Waals surface area contributed by atoms with Crippen molar-refractivity contribution in [2.45, 2.75) is 25.9 Å². The monoisotopic (exact) mass is 283 g/mol. The van der Waals surface area contributed by atoms with Crippen molar-refractivity contribution < 1.29 is 9.18 Å². The van der Waals surface area contributed by atoms with E-state index < -0.39 is 0 Å². The van der Waals surface area contributed by atoms with Gasteiger partial charge in [0, 0.05) is 25.1 Å². The molecule has 0 spiro atoms. The molecule has 0 saturated carbocycles. The van der Waals surface area contributed by atoms with Crippen molar-refractivity contribution in [3.63, 3.8) is 0 Å². The predicted octanol–water partition coefficient (Wildman–Crippen LogP) is 3.80. The van der Waals surface area contributed by atoms with Crippen LogP contribution in [0.15, 0.2) is 48.5 Å². The van der Waals surface area contributed by atoms with Gasteiger partial charge in [-0.05, 0) is 36.2 Å². The number of fused-ring (bicyclic) bond motifs is 1. The van der Waals surface area contributed by atoms with Crippen LogP contribution in [0.4, 0.5) is 4.39 Å². The van der Waals surface area contributed by atoms with Gasteiger partial charge in [-0.2, -0.15) is 0 Å². The summed E-state index contributed by atoms with van der Waals surface area (Å²) in [6, 6.07) is 14.4. The molecular weight excluding hydrogens is 265 g/mol. The molecular formula is C18H18FNO. The lowest BCUT2D eigenvalue weighted by Crippen LogP contribution is -2.18. The molecule has 2 aromatic rings. The van der Waals surface area contributed by atoms with Crippen LogP contribution in [0.2, 0.25) is 0 Å². The molecule has 108 valence electrons. The van der Waals surface area contributed by atoms with Gasteiger partial charge in [0.05, 0.1) is 0 Å². The van der Waals surface area contributed by atoms with Gasteiger partial charge in [0.1, 0.15) is 5.82 Å². The summed E-state index contributed by atoms with van der Waals surface area (Å²) < 4.78 is 13.1. The topological polar surface area (TPSA) is 20.3 Å². The van der Waals surface area contributed by atoms with E-state index in [1.54, 1.807) is 12.1 Å². The van der Waals surface area contributed by atoms with Gasteiger partial charge in [0.2, 0.25) is 0 Å². The fourth-order valence-electron chi connectivity index (χ4n) is 2.83. The maximum absolute atomic E-state index is 13.1. The zero-order chi connectivity index (χ0) is 14.7. The van der Waals surface area contributed by atoms with Crippen molar-refractivity contribution in [3.05, 3.63) is 71.0 Å². The van der Waals surface area contributed by atoms with Crippen LogP contribution in [0.3, 0.4) is 0 Å². The number of Topliss-reactive ketones (excluding diaryl/α,β-unsaturated/α-hetero) is 1. The van der Waals surface area contributed by atoms with E-state index in [2.05, 4.69) is 29.2 Å². The van der Waals surface area contributed by atoms with Crippen LogP contribution < -0.4 is 0 Å². The number of halogens is 1. The normalized spacial score (nSPS) is 14.1. The van der Waals surface area contributed by atoms with Crippen LogP contribution >= 0.6 is 0 Å². The third-order valence-corrected chi connectivity index (χ3v) is 3.93. The number of ketones is 1. The zero-order valence-electron chi connectivity index (χ0n) is 11.9. The molecule has 0 fully saturated rings. The molecule has 0 radical (unpaired) electrons. The highest BCUT2D eigenvalue weighted by Gasteiger charge is 2.17. The Morgan fingerprint density at radius 2 is 1.76 bits per heavy atom. The van der Waals surface area contributed by atoms with Crippen molar-refractivity contribution in [1.29, 1.82) is 0 Å². The first-order chi connectivity index (χ1) is 10.2. The van der Waals surface area contributed by atoms with Crippen molar-refractivity contribution in [2.24, 2.45) is 0 Å². The molecule has 0 N–H and O–H groups in total. The van der Waals surface area contributed by atoms with E-state index in [4.69, 9.17) is 0 Å². The molecule has 2 aromatic carbocycles. The molecule has 21 heavy (non-hydrogen) atoms. The van der Waals surface area contributed by atoms with E-state index in [0.29, 0.717) is 12.0 Å². The summed E-state index contributed by atoms with van der Waals surface area (Å²) in [6.07, 6.45) is 1.28. The van der Waals surface area contributed by atoms with Crippen molar-refractivity contribution in [3.8, 4) is 0 Å². The number of carbonyl (C=O) groups is 1. The van der Waals surface area contributed by atoms with Crippen LogP contribution in [-0.4, -0.2) is 17.2 Å². The van der Waals surface area contributed by atoms with Crippen LogP contribution in [0.5, 0.6) is 0 Å². The largest absolute Gasteiger partial charge is 0.295 e. The smallest absolute Gasteiger partial charge is 0.163 e. The Bertz CT molecular complexity index is 628. The van der Waals surface area contributed by atoms with Crippen molar-refractivity contribution in [2.75, 3.05) is 6.54 Å². The number of hydrogen-bond acceptors (Lipinski definition) is 2. The first-order valence-electron chi connectivity index (χ1n) is 7.30. The number of rotatable bonds is 5. The first-order valence-corrected chi connectivity index (χ1v) is 7.30. The highest BCUT2D eigenvalue weighted by Crippen LogP contribution is 2.22. The Morgan fingerprint density at radius 3 is 2.43 bits per heavy atom. The standard InChI is InChI=1S/C18H18FNO/c19-17-8-3-7-14(11-17)18(21)9-4-10-20-12-15-5-1-2-6-16(15)13-20/h1-3,5-8,11H,4,9-10,12-13H2. The first kappa shape index (κ1) is 14.0. The lowest BCUT2D eigenvalue weighted by atomic mass is 10.1. The Hall–Kier alpha value is -2.00. The molecule has 1 heterocycles. The Balaban J connectivity index is 1.48. The van der Waals surface area contributed by atoms with E-state index in [9.17, 15) is 9.18 Å². The van der Waals surface area contributed by atoms with E-state index in [0.717, 1.165) is 26.1 Å². The lowest BCUT2D eigenvalue weighted by Gasteiger charge is -2.14. The minimum absolute atomic E-state index is 0.0196. The Kier molecular flexibility index (Phi) is 4.11. The molecule has 0 amide bonds. The second-order valence-corrected chi connectivity index (χ2v) is 5.52. The van der Waals surface area contributed by atoms with Crippen molar-refractivity contribution in [1.82, 2.24) is 4.90 Å². The van der Waals surface area contributed by atoms with Gasteiger partial charge < -0.3 is 0 Å². The fourth-order valence-corrected chi connectivity index (χ4v) is 2.83. The molecule has 0 bridgehead atoms. The van der Waals surface area contributed by atoms with Gasteiger partial charge >= 0.3 is 0 Å². The summed E-state index contributed by atoms with van der Waals surface area (Å²) in [7, 11) is 0. The Morgan fingerprint density at radius 1 is 1.05 bits per heavy atom. The maximum atomic E-state index is 13.1. The fraction of sp³-hybridized carbons (Fsp3) is 0.278.